The van der Waals surface area contributed by atoms with E-state index in [4.69, 9.17) is 10.5 Å². The zero-order chi connectivity index (χ0) is 21.8. The molecule has 0 fully saturated rings. The third kappa shape index (κ3) is 6.40. The summed E-state index contributed by atoms with van der Waals surface area (Å²) in [6, 6.07) is 6.78. The summed E-state index contributed by atoms with van der Waals surface area (Å²) in [5.41, 5.74) is 2.57. The smallest absolute Gasteiger partial charge is 0.416 e. The van der Waals surface area contributed by atoms with Crippen LogP contribution in [-0.2, 0) is 28.4 Å². The first-order valence-electron chi connectivity index (χ1n) is 7.94. The number of hydrogen-bond donors (Lipinski definition) is 2. The van der Waals surface area contributed by atoms with E-state index in [0.717, 1.165) is 0 Å². The zero-order valence-corrected chi connectivity index (χ0v) is 14.5. The Morgan fingerprint density at radius 2 is 1.48 bits per heavy atom. The molecule has 11 heteroatoms. The molecule has 0 bridgehead atoms. The highest BCUT2D eigenvalue weighted by Gasteiger charge is 2.37. The van der Waals surface area contributed by atoms with Gasteiger partial charge in [-0.25, -0.2) is 0 Å². The number of nitrogens with two attached hydrogens (primary N) is 1. The molecule has 3 N–H and O–H groups in total. The molecular formula is C18H14F6N2O3. The van der Waals surface area contributed by atoms with Gasteiger partial charge in [-0.3, -0.25) is 9.59 Å². The van der Waals surface area contributed by atoms with Crippen molar-refractivity contribution in [3.8, 4) is 5.75 Å². The van der Waals surface area contributed by atoms with Crippen molar-refractivity contribution in [3.63, 3.8) is 0 Å². The highest BCUT2D eigenvalue weighted by Crippen LogP contribution is 2.38. The number of ether oxygens (including phenoxy) is 1. The number of hydrogen-bond acceptors (Lipinski definition) is 3. The summed E-state index contributed by atoms with van der Waals surface area (Å²) in [7, 11) is 0. The molecule has 0 aliphatic carbocycles. The van der Waals surface area contributed by atoms with E-state index in [2.05, 4.69) is 5.32 Å². The SMILES string of the molecule is NC(=O)Cc1ccccc1NC(=O)COc1cc(C(F)(F)F)cc(C(F)(F)F)c1. The molecule has 0 atom stereocenters. The maximum absolute atomic E-state index is 12.8. The van der Waals surface area contributed by atoms with Crippen LogP contribution in [0.3, 0.4) is 0 Å². The second kappa shape index (κ2) is 8.41. The van der Waals surface area contributed by atoms with E-state index >= 15 is 0 Å². The molecule has 29 heavy (non-hydrogen) atoms. The monoisotopic (exact) mass is 420 g/mol. The molecular weight excluding hydrogens is 406 g/mol. The first-order valence-corrected chi connectivity index (χ1v) is 7.94. The first-order chi connectivity index (χ1) is 13.4. The highest BCUT2D eigenvalue weighted by molar-refractivity contribution is 5.93. The zero-order valence-electron chi connectivity index (χ0n) is 14.5. The van der Waals surface area contributed by atoms with Gasteiger partial charge in [-0.2, -0.15) is 26.3 Å². The molecule has 2 amide bonds. The van der Waals surface area contributed by atoms with E-state index in [9.17, 15) is 35.9 Å². The second-order valence-corrected chi connectivity index (χ2v) is 5.88. The fourth-order valence-electron chi connectivity index (χ4n) is 2.33. The maximum atomic E-state index is 12.8. The van der Waals surface area contributed by atoms with E-state index in [1.54, 1.807) is 12.1 Å². The van der Waals surface area contributed by atoms with Crippen molar-refractivity contribution in [3.05, 3.63) is 59.2 Å². The lowest BCUT2D eigenvalue weighted by Crippen LogP contribution is -2.22. The normalized spacial score (nSPS) is 11.8. The molecule has 156 valence electrons. The number of anilines is 1. The van der Waals surface area contributed by atoms with Crippen molar-refractivity contribution in [1.29, 1.82) is 0 Å². The van der Waals surface area contributed by atoms with Crippen LogP contribution in [0.1, 0.15) is 16.7 Å². The molecule has 2 rings (SSSR count). The van der Waals surface area contributed by atoms with Crippen LogP contribution in [-0.4, -0.2) is 18.4 Å². The molecule has 0 saturated carbocycles. The largest absolute Gasteiger partial charge is 0.484 e. The molecule has 0 heterocycles. The van der Waals surface area contributed by atoms with Gasteiger partial charge in [-0.15, -0.1) is 0 Å². The van der Waals surface area contributed by atoms with Gasteiger partial charge in [0.2, 0.25) is 5.91 Å². The van der Waals surface area contributed by atoms with Crippen LogP contribution < -0.4 is 15.8 Å². The quantitative estimate of drug-likeness (QED) is 0.699. The van der Waals surface area contributed by atoms with Crippen LogP contribution in [0.25, 0.3) is 0 Å². The van der Waals surface area contributed by atoms with Gasteiger partial charge >= 0.3 is 12.4 Å². The number of amides is 2. The Labute approximate surface area is 160 Å². The van der Waals surface area contributed by atoms with Gasteiger partial charge in [0.15, 0.2) is 6.61 Å². The predicted octanol–water partition coefficient (Wildman–Crippen LogP) is 3.77. The number of carbonyl (C=O) groups is 2. The van der Waals surface area contributed by atoms with Gasteiger partial charge in [0.1, 0.15) is 5.75 Å². The number of rotatable bonds is 6. The molecule has 2 aromatic carbocycles. The lowest BCUT2D eigenvalue weighted by atomic mass is 10.1. The van der Waals surface area contributed by atoms with Gasteiger partial charge in [0, 0.05) is 5.69 Å². The minimum atomic E-state index is -5.03. The first kappa shape index (κ1) is 22.1. The highest BCUT2D eigenvalue weighted by atomic mass is 19.4. The molecule has 0 unspecified atom stereocenters. The van der Waals surface area contributed by atoms with Crippen LogP contribution in [0, 0.1) is 0 Å². The number of benzene rings is 2. The third-order valence-electron chi connectivity index (χ3n) is 3.59. The summed E-state index contributed by atoms with van der Waals surface area (Å²) in [6.45, 7) is -0.858. The summed E-state index contributed by atoms with van der Waals surface area (Å²) >= 11 is 0. The lowest BCUT2D eigenvalue weighted by molar-refractivity contribution is -0.143. The van der Waals surface area contributed by atoms with Crippen molar-refractivity contribution >= 4 is 17.5 Å². The molecule has 0 aliphatic heterocycles. The Morgan fingerprint density at radius 3 is 2.00 bits per heavy atom. The van der Waals surface area contributed by atoms with Crippen molar-refractivity contribution in [1.82, 2.24) is 0 Å². The van der Waals surface area contributed by atoms with Gasteiger partial charge < -0.3 is 15.8 Å². The van der Waals surface area contributed by atoms with E-state index < -0.39 is 47.7 Å². The van der Waals surface area contributed by atoms with Gasteiger partial charge in [0.25, 0.3) is 5.91 Å². The Balaban J connectivity index is 2.15. The fraction of sp³-hybridized carbons (Fsp3) is 0.222. The fourth-order valence-corrected chi connectivity index (χ4v) is 2.33. The Morgan fingerprint density at radius 1 is 0.931 bits per heavy atom. The maximum Gasteiger partial charge on any atom is 0.416 e. The van der Waals surface area contributed by atoms with Crippen LogP contribution in [0.2, 0.25) is 0 Å². The molecule has 0 aromatic heterocycles. The van der Waals surface area contributed by atoms with E-state index in [1.165, 1.54) is 12.1 Å². The van der Waals surface area contributed by atoms with E-state index in [0.29, 0.717) is 17.7 Å². The summed E-state index contributed by atoms with van der Waals surface area (Å²) in [5, 5.41) is 2.36. The Kier molecular flexibility index (Phi) is 6.40. The molecule has 0 saturated heterocycles. The topological polar surface area (TPSA) is 81.4 Å². The predicted molar refractivity (Wildman–Crippen MR) is 89.9 cm³/mol. The molecule has 0 aliphatic rings. The number of para-hydroxylation sites is 1. The van der Waals surface area contributed by atoms with Crippen molar-refractivity contribution in [2.45, 2.75) is 18.8 Å². The second-order valence-electron chi connectivity index (χ2n) is 5.88. The van der Waals surface area contributed by atoms with E-state index in [-0.39, 0.29) is 18.2 Å². The molecule has 0 spiro atoms. The summed E-state index contributed by atoms with van der Waals surface area (Å²) in [5.74, 6) is -2.28. The molecule has 2 aromatic rings. The Bertz CT molecular complexity index is 877. The van der Waals surface area contributed by atoms with Gasteiger partial charge in [-0.1, -0.05) is 18.2 Å². The number of halogens is 6. The summed E-state index contributed by atoms with van der Waals surface area (Å²) < 4.78 is 81.8. The number of alkyl halides is 6. The molecule has 0 radical (unpaired) electrons. The van der Waals surface area contributed by atoms with Crippen molar-refractivity contribution in [2.24, 2.45) is 5.73 Å². The van der Waals surface area contributed by atoms with Crippen LogP contribution in [0.4, 0.5) is 32.0 Å². The van der Waals surface area contributed by atoms with Crippen molar-refractivity contribution in [2.75, 3.05) is 11.9 Å². The van der Waals surface area contributed by atoms with Crippen molar-refractivity contribution < 1.29 is 40.7 Å². The Hall–Kier alpha value is -3.24. The number of primary amides is 1. The standard InChI is InChI=1S/C18H14F6N2O3/c19-17(20,21)11-6-12(18(22,23)24)8-13(7-11)29-9-16(28)26-14-4-2-1-3-10(14)5-15(25)27/h1-4,6-8H,5,9H2,(H2,25,27)(H,26,28). The van der Waals surface area contributed by atoms with Crippen LogP contribution in [0.5, 0.6) is 5.75 Å². The van der Waals surface area contributed by atoms with Gasteiger partial charge in [-0.05, 0) is 29.8 Å². The average Bonchev–Trinajstić information content (AvgIpc) is 2.59. The van der Waals surface area contributed by atoms with Crippen LogP contribution in [0.15, 0.2) is 42.5 Å². The summed E-state index contributed by atoms with van der Waals surface area (Å²) in [6.07, 6.45) is -10.2. The lowest BCUT2D eigenvalue weighted by Gasteiger charge is -2.15. The minimum absolute atomic E-state index is 0.0486. The minimum Gasteiger partial charge on any atom is -0.484 e. The molecule has 5 nitrogen and oxygen atoms in total. The average molecular weight is 420 g/mol. The number of nitrogens with one attached hydrogen (secondary N) is 1. The number of carbonyl (C=O) groups excluding carboxylic acids is 2. The van der Waals surface area contributed by atoms with Gasteiger partial charge in [0.05, 0.1) is 17.5 Å². The van der Waals surface area contributed by atoms with E-state index in [1.807, 2.05) is 0 Å². The third-order valence-corrected chi connectivity index (χ3v) is 3.59. The van der Waals surface area contributed by atoms with Crippen LogP contribution >= 0.6 is 0 Å². The summed E-state index contributed by atoms with van der Waals surface area (Å²) in [4.78, 5) is 23.0.